The largest absolute Gasteiger partial charge is 0.628 e. The maximum atomic E-state index is 12.1. The summed E-state index contributed by atoms with van der Waals surface area (Å²) in [6.07, 6.45) is 2.27. The van der Waals surface area contributed by atoms with Gasteiger partial charge in [-0.25, -0.2) is 0 Å². The Balaban J connectivity index is 2.32. The van der Waals surface area contributed by atoms with Gasteiger partial charge in [0.15, 0.2) is 0 Å². The topological polar surface area (TPSA) is 35.1 Å². The number of para-hydroxylation sites is 1. The summed E-state index contributed by atoms with van der Waals surface area (Å²) in [6, 6.07) is 8.07. The molecule has 2 rings (SSSR count). The number of hydrogen-bond acceptors (Lipinski definition) is 2. The summed E-state index contributed by atoms with van der Waals surface area (Å²) in [6.45, 7) is 2.12. The lowest BCUT2D eigenvalue weighted by atomic mass is 9.89. The lowest BCUT2D eigenvalue weighted by molar-refractivity contribution is 0.450. The van der Waals surface area contributed by atoms with E-state index in [1.54, 1.807) is 14.1 Å². The van der Waals surface area contributed by atoms with Gasteiger partial charge in [0.2, 0.25) is 0 Å². The number of hydrogen-bond donors (Lipinski definition) is 1. The molecule has 1 aromatic rings. The first-order valence-electron chi connectivity index (χ1n) is 5.94. The zero-order chi connectivity index (χ0) is 11.6. The lowest BCUT2D eigenvalue weighted by Crippen LogP contribution is -2.35. The van der Waals surface area contributed by atoms with Crippen LogP contribution in [0.4, 0.5) is 5.69 Å². The molecule has 0 bridgehead atoms. The van der Waals surface area contributed by atoms with Crippen molar-refractivity contribution in [2.24, 2.45) is 0 Å². The molecule has 0 spiro atoms. The number of quaternary nitrogens is 1. The van der Waals surface area contributed by atoms with Crippen LogP contribution in [0, 0.1) is 5.21 Å². The van der Waals surface area contributed by atoms with Gasteiger partial charge in [0.1, 0.15) is 5.69 Å². The smallest absolute Gasteiger partial charge is 0.135 e. The van der Waals surface area contributed by atoms with E-state index in [2.05, 4.69) is 11.4 Å². The zero-order valence-corrected chi connectivity index (χ0v) is 10.1. The highest BCUT2D eigenvalue weighted by Crippen LogP contribution is 2.34. The highest BCUT2D eigenvalue weighted by atomic mass is 16.5. The molecule has 0 unspecified atom stereocenters. The lowest BCUT2D eigenvalue weighted by Gasteiger charge is -2.37. The molecule has 0 saturated carbocycles. The van der Waals surface area contributed by atoms with E-state index < -0.39 is 0 Å². The molecule has 1 heterocycles. The van der Waals surface area contributed by atoms with Gasteiger partial charge in [0.05, 0.1) is 14.1 Å². The summed E-state index contributed by atoms with van der Waals surface area (Å²) in [4.78, 5) is 0. The Morgan fingerprint density at radius 1 is 1.19 bits per heavy atom. The SMILES string of the molecule is C[N+](C)([O-])c1ccccc1C1CCNCC1. The Hall–Kier alpha value is -0.900. The van der Waals surface area contributed by atoms with Gasteiger partial charge < -0.3 is 15.2 Å². The van der Waals surface area contributed by atoms with Crippen molar-refractivity contribution in [2.45, 2.75) is 18.8 Å². The van der Waals surface area contributed by atoms with Crippen molar-refractivity contribution in [3.8, 4) is 0 Å². The Kier molecular flexibility index (Phi) is 3.28. The third kappa shape index (κ3) is 2.43. The van der Waals surface area contributed by atoms with Gasteiger partial charge in [-0.2, -0.15) is 0 Å². The normalized spacial score (nSPS) is 18.7. The molecule has 3 nitrogen and oxygen atoms in total. The van der Waals surface area contributed by atoms with Crippen LogP contribution < -0.4 is 9.96 Å². The summed E-state index contributed by atoms with van der Waals surface area (Å²) in [5, 5.41) is 15.4. The first-order valence-corrected chi connectivity index (χ1v) is 5.94. The van der Waals surface area contributed by atoms with Crippen molar-refractivity contribution in [3.63, 3.8) is 0 Å². The maximum Gasteiger partial charge on any atom is 0.135 e. The summed E-state index contributed by atoms with van der Waals surface area (Å²) in [5.41, 5.74) is 2.15. The molecule has 3 heteroatoms. The first-order chi connectivity index (χ1) is 7.59. The van der Waals surface area contributed by atoms with Crippen LogP contribution in [-0.4, -0.2) is 27.2 Å². The summed E-state index contributed by atoms with van der Waals surface area (Å²) >= 11 is 0. The van der Waals surface area contributed by atoms with Gasteiger partial charge in [-0.1, -0.05) is 18.2 Å². The second-order valence-corrected chi connectivity index (χ2v) is 4.93. The summed E-state index contributed by atoms with van der Waals surface area (Å²) in [5.74, 6) is 0.545. The van der Waals surface area contributed by atoms with Crippen LogP contribution in [0.25, 0.3) is 0 Å². The third-order valence-corrected chi connectivity index (χ3v) is 3.30. The van der Waals surface area contributed by atoms with Crippen molar-refractivity contribution in [3.05, 3.63) is 35.0 Å². The van der Waals surface area contributed by atoms with Crippen LogP contribution in [0.1, 0.15) is 24.3 Å². The molecular weight excluding hydrogens is 200 g/mol. The predicted molar refractivity (Wildman–Crippen MR) is 68.3 cm³/mol. The minimum Gasteiger partial charge on any atom is -0.628 e. The quantitative estimate of drug-likeness (QED) is 0.612. The van der Waals surface area contributed by atoms with Crippen molar-refractivity contribution in [1.82, 2.24) is 9.96 Å². The highest BCUT2D eigenvalue weighted by Gasteiger charge is 2.22. The zero-order valence-electron chi connectivity index (χ0n) is 10.1. The third-order valence-electron chi connectivity index (χ3n) is 3.30. The number of hydroxylamine groups is 2. The van der Waals surface area contributed by atoms with Crippen LogP contribution in [0.3, 0.4) is 0 Å². The number of piperidine rings is 1. The number of rotatable bonds is 2. The standard InChI is InChI=1S/C13H20N2O/c1-15(2,16)13-6-4-3-5-12(13)11-7-9-14-10-8-11/h3-6,11,14H,7-10H2,1-2H3. The van der Waals surface area contributed by atoms with Gasteiger partial charge in [-0.3, -0.25) is 0 Å². The molecule has 0 atom stereocenters. The monoisotopic (exact) mass is 220 g/mol. The van der Waals surface area contributed by atoms with Gasteiger partial charge in [-0.15, -0.1) is 0 Å². The van der Waals surface area contributed by atoms with Crippen molar-refractivity contribution >= 4 is 5.69 Å². The van der Waals surface area contributed by atoms with E-state index in [4.69, 9.17) is 0 Å². The van der Waals surface area contributed by atoms with Gasteiger partial charge >= 0.3 is 0 Å². The molecule has 16 heavy (non-hydrogen) atoms. The van der Waals surface area contributed by atoms with Crippen molar-refractivity contribution in [2.75, 3.05) is 27.2 Å². The second kappa shape index (κ2) is 4.53. The molecule has 0 radical (unpaired) electrons. The summed E-state index contributed by atoms with van der Waals surface area (Å²) in [7, 11) is 3.39. The van der Waals surface area contributed by atoms with E-state index in [0.29, 0.717) is 5.92 Å². The van der Waals surface area contributed by atoms with Crippen molar-refractivity contribution in [1.29, 1.82) is 0 Å². The van der Waals surface area contributed by atoms with Crippen LogP contribution in [-0.2, 0) is 0 Å². The minimum atomic E-state index is -0.333. The van der Waals surface area contributed by atoms with Crippen molar-refractivity contribution < 1.29 is 0 Å². The van der Waals surface area contributed by atoms with Gasteiger partial charge in [0, 0.05) is 5.56 Å². The predicted octanol–water partition coefficient (Wildman–Crippen LogP) is 2.22. The average molecular weight is 220 g/mol. The summed E-state index contributed by atoms with van der Waals surface area (Å²) < 4.78 is -0.333. The Morgan fingerprint density at radius 2 is 1.81 bits per heavy atom. The molecule has 1 aliphatic rings. The number of nitrogens with one attached hydrogen (secondary N) is 1. The fourth-order valence-electron chi connectivity index (χ4n) is 2.46. The van der Waals surface area contributed by atoms with E-state index >= 15 is 0 Å². The van der Waals surface area contributed by atoms with Crippen LogP contribution in [0.2, 0.25) is 0 Å². The molecule has 1 aliphatic heterocycles. The first kappa shape index (κ1) is 11.6. The average Bonchev–Trinajstić information content (AvgIpc) is 2.29. The van der Waals surface area contributed by atoms with E-state index in [1.807, 2.05) is 18.2 Å². The molecule has 0 aliphatic carbocycles. The highest BCUT2D eigenvalue weighted by molar-refractivity contribution is 5.52. The van der Waals surface area contributed by atoms with Gasteiger partial charge in [-0.05, 0) is 37.9 Å². The molecule has 1 aromatic carbocycles. The molecule has 1 fully saturated rings. The number of benzene rings is 1. The molecule has 88 valence electrons. The van der Waals surface area contributed by atoms with E-state index in [0.717, 1.165) is 31.6 Å². The molecule has 0 aromatic heterocycles. The maximum absolute atomic E-state index is 12.1. The number of nitrogens with zero attached hydrogens (tertiary/aromatic N) is 1. The van der Waals surface area contributed by atoms with E-state index in [1.165, 1.54) is 5.56 Å². The van der Waals surface area contributed by atoms with Crippen LogP contribution in [0.5, 0.6) is 0 Å². The van der Waals surface area contributed by atoms with Gasteiger partial charge in [0.25, 0.3) is 0 Å². The van der Waals surface area contributed by atoms with Crippen LogP contribution in [0.15, 0.2) is 24.3 Å². The molecular formula is C13H20N2O. The fraction of sp³-hybridized carbons (Fsp3) is 0.538. The molecule has 1 N–H and O–H groups in total. The van der Waals surface area contributed by atoms with E-state index in [9.17, 15) is 5.21 Å². The Morgan fingerprint density at radius 3 is 2.44 bits per heavy atom. The van der Waals surface area contributed by atoms with Crippen LogP contribution >= 0.6 is 0 Å². The molecule has 0 amide bonds. The van der Waals surface area contributed by atoms with E-state index in [-0.39, 0.29) is 4.65 Å². The Labute approximate surface area is 97.2 Å². The Bertz CT molecular complexity index is 351. The molecule has 1 saturated heterocycles. The fourth-order valence-corrected chi connectivity index (χ4v) is 2.46. The second-order valence-electron chi connectivity index (χ2n) is 4.93. The minimum absolute atomic E-state index is 0.333.